The van der Waals surface area contributed by atoms with E-state index in [9.17, 15) is 4.79 Å². The summed E-state index contributed by atoms with van der Waals surface area (Å²) in [4.78, 5) is 23.3. The maximum atomic E-state index is 11.9. The number of aromatic nitrogens is 3. The molecule has 0 radical (unpaired) electrons. The number of hydrogen-bond donors (Lipinski definition) is 1. The molecule has 0 aliphatic heterocycles. The Labute approximate surface area is 114 Å². The molecule has 94 valence electrons. The molecule has 2 rings (SSSR count). The van der Waals surface area contributed by atoms with Crippen LogP contribution in [0.5, 0.6) is 0 Å². The summed E-state index contributed by atoms with van der Waals surface area (Å²) in [5, 5.41) is 0. The summed E-state index contributed by atoms with van der Waals surface area (Å²) in [7, 11) is 0. The first-order valence-corrected chi connectivity index (χ1v) is 6.51. The molecule has 0 aliphatic carbocycles. The number of halogens is 1. The van der Waals surface area contributed by atoms with E-state index in [4.69, 9.17) is 0 Å². The Morgan fingerprint density at radius 2 is 2.11 bits per heavy atom. The van der Waals surface area contributed by atoms with Crippen LogP contribution < -0.4 is 5.56 Å². The second kappa shape index (κ2) is 5.02. The number of pyridine rings is 1. The third-order valence-electron chi connectivity index (χ3n) is 2.59. The van der Waals surface area contributed by atoms with E-state index >= 15 is 0 Å². The van der Waals surface area contributed by atoms with Gasteiger partial charge in [0, 0.05) is 6.20 Å². The Bertz CT molecular complexity index is 634. The molecule has 1 N–H and O–H groups in total. The van der Waals surface area contributed by atoms with Gasteiger partial charge in [-0.25, -0.2) is 4.98 Å². The second-order valence-electron chi connectivity index (χ2n) is 4.49. The smallest absolute Gasteiger partial charge is 0.265 e. The lowest BCUT2D eigenvalue weighted by Crippen LogP contribution is -2.14. The summed E-state index contributed by atoms with van der Waals surface area (Å²) in [5.41, 5.74) is 2.34. The van der Waals surface area contributed by atoms with E-state index < -0.39 is 0 Å². The minimum atomic E-state index is -0.174. The Morgan fingerprint density at radius 3 is 2.72 bits per heavy atom. The molecule has 0 saturated carbocycles. The predicted octanol–water partition coefficient (Wildman–Crippen LogP) is 3.03. The number of hydrogen-bond acceptors (Lipinski definition) is 3. The number of nitrogens with zero attached hydrogens (tertiary/aromatic N) is 2. The van der Waals surface area contributed by atoms with Gasteiger partial charge in [0.15, 0.2) is 5.82 Å². The molecule has 0 spiro atoms. The van der Waals surface area contributed by atoms with Crippen molar-refractivity contribution in [3.63, 3.8) is 0 Å². The van der Waals surface area contributed by atoms with Crippen LogP contribution in [0.25, 0.3) is 11.5 Å². The van der Waals surface area contributed by atoms with Crippen LogP contribution in [0.3, 0.4) is 0 Å². The van der Waals surface area contributed by atoms with Gasteiger partial charge in [-0.05, 0) is 46.5 Å². The van der Waals surface area contributed by atoms with E-state index in [0.717, 1.165) is 11.3 Å². The van der Waals surface area contributed by atoms with Gasteiger partial charge < -0.3 is 4.98 Å². The van der Waals surface area contributed by atoms with Crippen molar-refractivity contribution in [1.29, 1.82) is 0 Å². The lowest BCUT2D eigenvalue weighted by molar-refractivity contribution is 0.802. The van der Waals surface area contributed by atoms with Crippen molar-refractivity contribution in [2.45, 2.75) is 26.7 Å². The van der Waals surface area contributed by atoms with Crippen molar-refractivity contribution in [3.8, 4) is 11.5 Å². The van der Waals surface area contributed by atoms with Crippen molar-refractivity contribution < 1.29 is 0 Å². The maximum Gasteiger partial charge on any atom is 0.265 e. The van der Waals surface area contributed by atoms with Gasteiger partial charge in [-0.15, -0.1) is 0 Å². The van der Waals surface area contributed by atoms with E-state index in [0.29, 0.717) is 16.0 Å². The van der Waals surface area contributed by atoms with Gasteiger partial charge in [0.25, 0.3) is 5.56 Å². The van der Waals surface area contributed by atoms with Crippen LogP contribution in [0.2, 0.25) is 0 Å². The van der Waals surface area contributed by atoms with Gasteiger partial charge in [0.1, 0.15) is 10.2 Å². The van der Waals surface area contributed by atoms with E-state index in [1.807, 2.05) is 32.9 Å². The number of aryl methyl sites for hydroxylation is 1. The molecule has 0 atom stereocenters. The summed E-state index contributed by atoms with van der Waals surface area (Å²) in [6.07, 6.45) is 1.71. The van der Waals surface area contributed by atoms with Gasteiger partial charge in [-0.3, -0.25) is 9.78 Å². The van der Waals surface area contributed by atoms with Gasteiger partial charge in [0.2, 0.25) is 0 Å². The Hall–Kier alpha value is -1.49. The zero-order chi connectivity index (χ0) is 13.3. The quantitative estimate of drug-likeness (QED) is 0.927. The minimum absolute atomic E-state index is 0.172. The SMILES string of the molecule is Cc1ccnc(-c2nc(C(C)C)c(Br)c(=O)[nH]2)c1. The Kier molecular flexibility index (Phi) is 3.61. The highest BCUT2D eigenvalue weighted by Gasteiger charge is 2.13. The molecular weight excluding hydrogens is 294 g/mol. The van der Waals surface area contributed by atoms with Crippen LogP contribution in [-0.2, 0) is 0 Å². The van der Waals surface area contributed by atoms with E-state index in [1.165, 1.54) is 0 Å². The van der Waals surface area contributed by atoms with Gasteiger partial charge in [0.05, 0.1) is 5.69 Å². The standard InChI is InChI=1S/C13H14BrN3O/c1-7(2)11-10(14)13(18)17-12(16-11)9-6-8(3)4-5-15-9/h4-7H,1-3H3,(H,16,17,18). The summed E-state index contributed by atoms with van der Waals surface area (Å²) in [6.45, 7) is 5.98. The molecule has 2 heterocycles. The molecule has 5 heteroatoms. The van der Waals surface area contributed by atoms with E-state index in [-0.39, 0.29) is 11.5 Å². The number of nitrogens with one attached hydrogen (secondary N) is 1. The molecule has 0 amide bonds. The normalized spacial score (nSPS) is 10.9. The number of H-pyrrole nitrogens is 1. The average Bonchev–Trinajstić information content (AvgIpc) is 2.32. The topological polar surface area (TPSA) is 58.6 Å². The highest BCUT2D eigenvalue weighted by atomic mass is 79.9. The van der Waals surface area contributed by atoms with Crippen LogP contribution in [0.4, 0.5) is 0 Å². The summed E-state index contributed by atoms with van der Waals surface area (Å²) >= 11 is 3.28. The average molecular weight is 308 g/mol. The molecule has 0 aromatic carbocycles. The first-order chi connectivity index (χ1) is 8.49. The van der Waals surface area contributed by atoms with Crippen LogP contribution in [0, 0.1) is 6.92 Å². The van der Waals surface area contributed by atoms with E-state index in [1.54, 1.807) is 6.20 Å². The van der Waals surface area contributed by atoms with Crippen molar-refractivity contribution >= 4 is 15.9 Å². The first kappa shape index (κ1) is 13.0. The van der Waals surface area contributed by atoms with Crippen molar-refractivity contribution in [3.05, 3.63) is 44.4 Å². The Morgan fingerprint density at radius 1 is 1.39 bits per heavy atom. The van der Waals surface area contributed by atoms with Crippen molar-refractivity contribution in [2.24, 2.45) is 0 Å². The van der Waals surface area contributed by atoms with Crippen LogP contribution in [0.1, 0.15) is 31.0 Å². The molecule has 0 bridgehead atoms. The molecule has 2 aromatic heterocycles. The second-order valence-corrected chi connectivity index (χ2v) is 5.28. The van der Waals surface area contributed by atoms with Crippen LogP contribution in [0.15, 0.2) is 27.6 Å². The largest absolute Gasteiger partial charge is 0.304 e. The Balaban J connectivity index is 2.63. The third-order valence-corrected chi connectivity index (χ3v) is 3.36. The monoisotopic (exact) mass is 307 g/mol. The molecule has 0 saturated heterocycles. The molecule has 2 aromatic rings. The third kappa shape index (κ3) is 2.51. The maximum absolute atomic E-state index is 11.9. The zero-order valence-corrected chi connectivity index (χ0v) is 12.1. The molecule has 0 fully saturated rings. The van der Waals surface area contributed by atoms with Gasteiger partial charge in [-0.2, -0.15) is 0 Å². The number of rotatable bonds is 2. The molecule has 4 nitrogen and oxygen atoms in total. The summed E-state index contributed by atoms with van der Waals surface area (Å²) in [6, 6.07) is 3.81. The molecule has 0 unspecified atom stereocenters. The summed E-state index contributed by atoms with van der Waals surface area (Å²) in [5.74, 6) is 0.681. The fourth-order valence-electron chi connectivity index (χ4n) is 1.65. The van der Waals surface area contributed by atoms with Crippen LogP contribution >= 0.6 is 15.9 Å². The van der Waals surface area contributed by atoms with Gasteiger partial charge >= 0.3 is 0 Å². The minimum Gasteiger partial charge on any atom is -0.304 e. The fraction of sp³-hybridized carbons (Fsp3) is 0.308. The molecule has 18 heavy (non-hydrogen) atoms. The molecule has 0 aliphatic rings. The lowest BCUT2D eigenvalue weighted by atomic mass is 10.1. The van der Waals surface area contributed by atoms with E-state index in [2.05, 4.69) is 30.9 Å². The van der Waals surface area contributed by atoms with Crippen LogP contribution in [-0.4, -0.2) is 15.0 Å². The highest BCUT2D eigenvalue weighted by Crippen LogP contribution is 2.21. The number of aromatic amines is 1. The lowest BCUT2D eigenvalue weighted by Gasteiger charge is -2.09. The van der Waals surface area contributed by atoms with Crippen molar-refractivity contribution in [1.82, 2.24) is 15.0 Å². The predicted molar refractivity (Wildman–Crippen MR) is 74.6 cm³/mol. The first-order valence-electron chi connectivity index (χ1n) is 5.71. The van der Waals surface area contributed by atoms with Gasteiger partial charge in [-0.1, -0.05) is 13.8 Å². The highest BCUT2D eigenvalue weighted by molar-refractivity contribution is 9.10. The fourth-order valence-corrected chi connectivity index (χ4v) is 2.29. The summed E-state index contributed by atoms with van der Waals surface area (Å²) < 4.78 is 0.494. The molecular formula is C13H14BrN3O. The van der Waals surface area contributed by atoms with Crippen molar-refractivity contribution in [2.75, 3.05) is 0 Å². The zero-order valence-electron chi connectivity index (χ0n) is 10.5.